The Labute approximate surface area is 216 Å². The Bertz CT molecular complexity index is 1470. The predicted molar refractivity (Wildman–Crippen MR) is 132 cm³/mol. The first-order valence-corrected chi connectivity index (χ1v) is 13.2. The minimum absolute atomic E-state index is 0.00768. The quantitative estimate of drug-likeness (QED) is 0.446. The summed E-state index contributed by atoms with van der Waals surface area (Å²) in [6.07, 6.45) is -2.29. The molecule has 0 unspecified atom stereocenters. The zero-order chi connectivity index (χ0) is 27.8. The average Bonchev–Trinajstić information content (AvgIpc) is 2.85. The van der Waals surface area contributed by atoms with E-state index in [1.165, 1.54) is 26.0 Å². The fourth-order valence-corrected chi connectivity index (χ4v) is 5.24. The molecule has 1 aromatic carbocycles. The van der Waals surface area contributed by atoms with Crippen molar-refractivity contribution in [2.24, 2.45) is 5.14 Å². The molecule has 0 radical (unpaired) electrons. The van der Waals surface area contributed by atoms with Gasteiger partial charge in [0.2, 0.25) is 0 Å². The van der Waals surface area contributed by atoms with Crippen LogP contribution in [0.2, 0.25) is 0 Å². The topological polar surface area (TPSA) is 118 Å². The summed E-state index contributed by atoms with van der Waals surface area (Å²) in [6, 6.07) is 8.17. The molecule has 0 saturated carbocycles. The van der Waals surface area contributed by atoms with Crippen molar-refractivity contribution < 1.29 is 30.8 Å². The van der Waals surface area contributed by atoms with Crippen LogP contribution in [0.15, 0.2) is 47.6 Å². The molecule has 1 saturated heterocycles. The van der Waals surface area contributed by atoms with Crippen LogP contribution in [0.1, 0.15) is 51.6 Å². The monoisotopic (exact) mass is 551 g/mol. The van der Waals surface area contributed by atoms with Crippen molar-refractivity contribution in [2.45, 2.75) is 43.8 Å². The van der Waals surface area contributed by atoms with E-state index in [1.807, 2.05) is 0 Å². The lowest BCUT2D eigenvalue weighted by molar-refractivity contribution is -0.141. The molecule has 1 amide bonds. The minimum atomic E-state index is -4.64. The number of alkyl halides is 3. The highest BCUT2D eigenvalue weighted by atomic mass is 32.2. The van der Waals surface area contributed by atoms with Gasteiger partial charge >= 0.3 is 6.18 Å². The fraction of sp³-hybridized carbons (Fsp3) is 0.320. The molecule has 13 heteroatoms. The van der Waals surface area contributed by atoms with Crippen LogP contribution >= 0.6 is 0 Å². The van der Waals surface area contributed by atoms with Crippen molar-refractivity contribution in [3.05, 3.63) is 76.5 Å². The number of hydrogen-bond acceptors (Lipinski definition) is 6. The number of sulfonamides is 1. The molecular formula is C25H25F4N5O3S. The maximum atomic E-state index is 13.5. The van der Waals surface area contributed by atoms with E-state index < -0.39 is 32.8 Å². The van der Waals surface area contributed by atoms with Crippen LogP contribution in [0.3, 0.4) is 0 Å². The summed E-state index contributed by atoms with van der Waals surface area (Å²) in [6.45, 7) is 3.53. The molecule has 8 nitrogen and oxygen atoms in total. The second-order valence-electron chi connectivity index (χ2n) is 9.09. The Kier molecular flexibility index (Phi) is 7.44. The van der Waals surface area contributed by atoms with Gasteiger partial charge in [-0.1, -0.05) is 12.1 Å². The number of nitrogens with zero attached hydrogens (tertiary/aromatic N) is 3. The highest BCUT2D eigenvalue weighted by molar-refractivity contribution is 7.89. The van der Waals surface area contributed by atoms with Gasteiger partial charge in [-0.3, -0.25) is 4.79 Å². The Morgan fingerprint density at radius 2 is 1.71 bits per heavy atom. The second kappa shape index (κ2) is 10.3. The minimum Gasteiger partial charge on any atom is -0.353 e. The molecule has 1 aliphatic rings. The van der Waals surface area contributed by atoms with Crippen LogP contribution in [-0.4, -0.2) is 42.3 Å². The highest BCUT2D eigenvalue weighted by Gasteiger charge is 2.33. The third-order valence-electron chi connectivity index (χ3n) is 6.54. The number of carbonyl (C=O) groups is 1. The number of anilines is 2. The standard InChI is InChI=1S/C25H25F4N5O3S/c1-14-22(33-20-7-8-21(25(27,28)29)32-15(20)2)19(13-31-23(14)38(30,36)37)24(35)34-11-9-17(10-12-34)16-3-5-18(26)6-4-16/h3-8,13,17H,9-12H2,1-2H3,(H,31,33)(H2,30,36,37). The van der Waals surface area contributed by atoms with Gasteiger partial charge in [0.1, 0.15) is 11.5 Å². The van der Waals surface area contributed by atoms with E-state index in [-0.39, 0.29) is 39.9 Å². The number of halogens is 4. The molecular weight excluding hydrogens is 526 g/mol. The first-order valence-electron chi connectivity index (χ1n) is 11.6. The summed E-state index contributed by atoms with van der Waals surface area (Å²) in [5.74, 6) is -0.618. The number of amides is 1. The first-order chi connectivity index (χ1) is 17.8. The van der Waals surface area contributed by atoms with Crippen LogP contribution in [0.5, 0.6) is 0 Å². The number of piperidine rings is 1. The summed E-state index contributed by atoms with van der Waals surface area (Å²) in [4.78, 5) is 22.6. The summed E-state index contributed by atoms with van der Waals surface area (Å²) >= 11 is 0. The van der Waals surface area contributed by atoms with E-state index in [0.717, 1.165) is 23.9 Å². The van der Waals surface area contributed by atoms with Crippen LogP contribution < -0.4 is 10.5 Å². The number of nitrogens with two attached hydrogens (primary N) is 1. The van der Waals surface area contributed by atoms with Gasteiger partial charge in [0, 0.05) is 24.8 Å². The molecule has 1 aliphatic heterocycles. The summed E-state index contributed by atoms with van der Waals surface area (Å²) in [5, 5.41) is 7.71. The van der Waals surface area contributed by atoms with E-state index in [0.29, 0.717) is 25.9 Å². The molecule has 2 aromatic heterocycles. The lowest BCUT2D eigenvalue weighted by Crippen LogP contribution is -2.38. The number of nitrogens with one attached hydrogen (secondary N) is 1. The molecule has 3 aromatic rings. The van der Waals surface area contributed by atoms with Crippen molar-refractivity contribution in [3.8, 4) is 0 Å². The number of likely N-dealkylation sites (tertiary alicyclic amines) is 1. The zero-order valence-corrected chi connectivity index (χ0v) is 21.3. The maximum absolute atomic E-state index is 13.5. The van der Waals surface area contributed by atoms with Gasteiger partial charge in [-0.2, -0.15) is 13.2 Å². The second-order valence-corrected chi connectivity index (χ2v) is 10.6. The Hall–Kier alpha value is -3.58. The third-order valence-corrected chi connectivity index (χ3v) is 7.49. The highest BCUT2D eigenvalue weighted by Crippen LogP contribution is 2.34. The Balaban J connectivity index is 1.65. The van der Waals surface area contributed by atoms with Gasteiger partial charge < -0.3 is 10.2 Å². The van der Waals surface area contributed by atoms with Crippen molar-refractivity contribution >= 4 is 27.3 Å². The third kappa shape index (κ3) is 5.78. The molecule has 202 valence electrons. The van der Waals surface area contributed by atoms with E-state index in [1.54, 1.807) is 17.0 Å². The van der Waals surface area contributed by atoms with E-state index in [9.17, 15) is 30.8 Å². The number of carbonyl (C=O) groups excluding carboxylic acids is 1. The van der Waals surface area contributed by atoms with Gasteiger partial charge in [0.05, 0.1) is 22.6 Å². The molecule has 0 aliphatic carbocycles. The SMILES string of the molecule is Cc1nc(C(F)(F)F)ccc1Nc1c(C(=O)N2CCC(c3ccc(F)cc3)CC2)cnc(S(N)(=O)=O)c1C. The molecule has 3 N–H and O–H groups in total. The lowest BCUT2D eigenvalue weighted by Gasteiger charge is -2.33. The van der Waals surface area contributed by atoms with Gasteiger partial charge in [0.15, 0.2) is 5.03 Å². The summed E-state index contributed by atoms with van der Waals surface area (Å²) < 4.78 is 76.6. The van der Waals surface area contributed by atoms with Crippen molar-refractivity contribution in [1.82, 2.24) is 14.9 Å². The van der Waals surface area contributed by atoms with E-state index in [4.69, 9.17) is 5.14 Å². The molecule has 38 heavy (non-hydrogen) atoms. The maximum Gasteiger partial charge on any atom is 0.433 e. The lowest BCUT2D eigenvalue weighted by atomic mass is 9.89. The van der Waals surface area contributed by atoms with Gasteiger partial charge in [-0.25, -0.2) is 27.9 Å². The zero-order valence-electron chi connectivity index (χ0n) is 20.5. The normalized spacial score (nSPS) is 15.0. The number of aromatic nitrogens is 2. The van der Waals surface area contributed by atoms with Crippen molar-refractivity contribution in [3.63, 3.8) is 0 Å². The number of primary sulfonamides is 1. The number of aryl methyl sites for hydroxylation is 1. The van der Waals surface area contributed by atoms with Crippen LogP contribution in [0.25, 0.3) is 0 Å². The molecule has 0 spiro atoms. The largest absolute Gasteiger partial charge is 0.433 e. The smallest absolute Gasteiger partial charge is 0.353 e. The first kappa shape index (κ1) is 27.5. The molecule has 1 fully saturated rings. The van der Waals surface area contributed by atoms with Gasteiger partial charge in [0.25, 0.3) is 15.9 Å². The number of hydrogen-bond donors (Lipinski definition) is 2. The number of pyridine rings is 2. The number of rotatable bonds is 5. The van der Waals surface area contributed by atoms with Crippen molar-refractivity contribution in [1.29, 1.82) is 0 Å². The Morgan fingerprint density at radius 3 is 2.26 bits per heavy atom. The molecule has 3 heterocycles. The molecule has 0 atom stereocenters. The average molecular weight is 552 g/mol. The summed E-state index contributed by atoms with van der Waals surface area (Å²) in [5.41, 5.74) is 0.162. The van der Waals surface area contributed by atoms with Gasteiger partial charge in [-0.05, 0) is 62.4 Å². The Morgan fingerprint density at radius 1 is 1.08 bits per heavy atom. The predicted octanol–water partition coefficient (Wildman–Crippen LogP) is 4.66. The van der Waals surface area contributed by atoms with Crippen LogP contribution in [0.4, 0.5) is 28.9 Å². The van der Waals surface area contributed by atoms with Gasteiger partial charge in [-0.15, -0.1) is 0 Å². The van der Waals surface area contributed by atoms with E-state index in [2.05, 4.69) is 15.3 Å². The number of benzene rings is 1. The molecule has 0 bridgehead atoms. The van der Waals surface area contributed by atoms with Crippen LogP contribution in [0, 0.1) is 19.7 Å². The van der Waals surface area contributed by atoms with Crippen LogP contribution in [-0.2, 0) is 16.2 Å². The van der Waals surface area contributed by atoms with Crippen molar-refractivity contribution in [2.75, 3.05) is 18.4 Å². The summed E-state index contributed by atoms with van der Waals surface area (Å²) in [7, 11) is -4.26. The fourth-order valence-electron chi connectivity index (χ4n) is 4.51. The molecule has 4 rings (SSSR count). The van der Waals surface area contributed by atoms with E-state index >= 15 is 0 Å².